The van der Waals surface area contributed by atoms with Gasteiger partial charge in [0, 0.05) is 12.6 Å². The third kappa shape index (κ3) is 6.86. The number of hydrogen-bond donors (Lipinski definition) is 0. The van der Waals surface area contributed by atoms with Crippen LogP contribution in [-0.2, 0) is 16.6 Å². The highest BCUT2D eigenvalue weighted by molar-refractivity contribution is 7.89. The van der Waals surface area contributed by atoms with E-state index in [4.69, 9.17) is 4.74 Å². The molecule has 2 aromatic carbocycles. The van der Waals surface area contributed by atoms with Crippen LogP contribution >= 0.6 is 0 Å². The molecule has 0 saturated heterocycles. The number of methoxy groups -OCH3 is 1. The van der Waals surface area contributed by atoms with Crippen LogP contribution in [0.4, 0.5) is 0 Å². The third-order valence-electron chi connectivity index (χ3n) is 4.85. The van der Waals surface area contributed by atoms with E-state index >= 15 is 0 Å². The highest BCUT2D eigenvalue weighted by Crippen LogP contribution is 2.32. The molecule has 0 bridgehead atoms. The van der Waals surface area contributed by atoms with Crippen molar-refractivity contribution in [3.05, 3.63) is 60.2 Å². The molecule has 0 aliphatic carbocycles. The summed E-state index contributed by atoms with van der Waals surface area (Å²) in [6.45, 7) is 11.2. The van der Waals surface area contributed by atoms with Crippen LogP contribution in [0.25, 0.3) is 0 Å². The van der Waals surface area contributed by atoms with Gasteiger partial charge < -0.3 is 4.74 Å². The fourth-order valence-electron chi connectivity index (χ4n) is 3.61. The summed E-state index contributed by atoms with van der Waals surface area (Å²) in [5, 5.41) is 0. The summed E-state index contributed by atoms with van der Waals surface area (Å²) < 4.78 is 34.4. The molecule has 160 valence electrons. The van der Waals surface area contributed by atoms with Crippen LogP contribution < -0.4 is 4.74 Å². The first-order valence-electron chi connectivity index (χ1n) is 10.2. The molecule has 2 aromatic rings. The Morgan fingerprint density at radius 1 is 0.966 bits per heavy atom. The van der Waals surface area contributed by atoms with Crippen LogP contribution in [0.1, 0.15) is 53.0 Å². The van der Waals surface area contributed by atoms with Gasteiger partial charge in [0.25, 0.3) is 0 Å². The van der Waals surface area contributed by atoms with Crippen LogP contribution in [0, 0.1) is 11.3 Å². The number of benzene rings is 2. The molecule has 0 spiro atoms. The predicted molar refractivity (Wildman–Crippen MR) is 119 cm³/mol. The highest BCUT2D eigenvalue weighted by Gasteiger charge is 2.34. The van der Waals surface area contributed by atoms with Gasteiger partial charge in [-0.2, -0.15) is 4.31 Å². The molecule has 0 aliphatic heterocycles. The quantitative estimate of drug-likeness (QED) is 0.523. The van der Waals surface area contributed by atoms with Gasteiger partial charge in [-0.3, -0.25) is 0 Å². The summed E-state index contributed by atoms with van der Waals surface area (Å²) in [7, 11) is -2.09. The lowest BCUT2D eigenvalue weighted by Gasteiger charge is -2.36. The van der Waals surface area contributed by atoms with E-state index < -0.39 is 10.0 Å². The van der Waals surface area contributed by atoms with Gasteiger partial charge in [0.15, 0.2) is 0 Å². The maximum atomic E-state index is 13.7. The van der Waals surface area contributed by atoms with Gasteiger partial charge in [0.05, 0.1) is 12.0 Å². The minimum atomic E-state index is -3.66. The third-order valence-corrected chi connectivity index (χ3v) is 6.76. The van der Waals surface area contributed by atoms with Gasteiger partial charge in [0.1, 0.15) is 5.75 Å². The molecular formula is C24H35NO3S. The largest absolute Gasteiger partial charge is 0.497 e. The zero-order chi connectivity index (χ0) is 21.7. The molecule has 0 radical (unpaired) electrons. The van der Waals surface area contributed by atoms with Crippen molar-refractivity contribution in [3.8, 4) is 5.75 Å². The van der Waals surface area contributed by atoms with Gasteiger partial charge in [0.2, 0.25) is 10.0 Å². The van der Waals surface area contributed by atoms with E-state index in [0.717, 1.165) is 18.4 Å². The molecule has 0 unspecified atom stereocenters. The Bertz CT molecular complexity index is 853. The van der Waals surface area contributed by atoms with Gasteiger partial charge in [-0.25, -0.2) is 8.42 Å². The second-order valence-electron chi connectivity index (χ2n) is 9.26. The summed E-state index contributed by atoms with van der Waals surface area (Å²) in [5.41, 5.74) is 1.01. The molecule has 29 heavy (non-hydrogen) atoms. The zero-order valence-corrected chi connectivity index (χ0v) is 19.4. The van der Waals surface area contributed by atoms with Crippen LogP contribution in [0.3, 0.4) is 0 Å². The molecule has 0 aliphatic rings. The molecule has 0 aromatic heterocycles. The van der Waals surface area contributed by atoms with Crippen LogP contribution in [-0.4, -0.2) is 25.9 Å². The monoisotopic (exact) mass is 417 g/mol. The standard InChI is InChI=1S/C24H35NO3S/c1-19(2)16-21(17-24(3,4)5)25(18-20-10-8-7-9-11-20)29(26,27)23-14-12-22(28-6)13-15-23/h7-15,19,21H,16-18H2,1-6H3/t21-/m0/s1. The Labute approximate surface area is 177 Å². The Hall–Kier alpha value is -1.85. The van der Waals surface area contributed by atoms with Crippen molar-refractivity contribution in [2.24, 2.45) is 11.3 Å². The Morgan fingerprint density at radius 2 is 1.55 bits per heavy atom. The van der Waals surface area contributed by atoms with E-state index in [0.29, 0.717) is 23.1 Å². The highest BCUT2D eigenvalue weighted by atomic mass is 32.2. The van der Waals surface area contributed by atoms with E-state index in [2.05, 4.69) is 34.6 Å². The van der Waals surface area contributed by atoms with Crippen LogP contribution in [0.5, 0.6) is 5.75 Å². The molecule has 5 heteroatoms. The van der Waals surface area contributed by atoms with Crippen molar-refractivity contribution in [2.45, 2.75) is 64.9 Å². The number of rotatable bonds is 9. The minimum Gasteiger partial charge on any atom is -0.497 e. The van der Waals surface area contributed by atoms with E-state index in [-0.39, 0.29) is 11.5 Å². The first-order chi connectivity index (χ1) is 13.5. The fourth-order valence-corrected chi connectivity index (χ4v) is 5.23. The second-order valence-corrected chi connectivity index (χ2v) is 11.2. The zero-order valence-electron chi connectivity index (χ0n) is 18.6. The van der Waals surface area contributed by atoms with Crippen molar-refractivity contribution in [2.75, 3.05) is 7.11 Å². The molecule has 0 saturated carbocycles. The van der Waals surface area contributed by atoms with Crippen molar-refractivity contribution < 1.29 is 13.2 Å². The Balaban J connectivity index is 2.50. The smallest absolute Gasteiger partial charge is 0.243 e. The average Bonchev–Trinajstić information content (AvgIpc) is 2.65. The van der Waals surface area contributed by atoms with Gasteiger partial charge in [-0.05, 0) is 54.0 Å². The number of hydrogen-bond acceptors (Lipinski definition) is 3. The first kappa shape index (κ1) is 23.4. The summed E-state index contributed by atoms with van der Waals surface area (Å²) in [5.74, 6) is 1.04. The molecular weight excluding hydrogens is 382 g/mol. The molecule has 2 rings (SSSR count). The lowest BCUT2D eigenvalue weighted by molar-refractivity contribution is 0.200. The maximum absolute atomic E-state index is 13.7. The summed E-state index contributed by atoms with van der Waals surface area (Å²) in [6.07, 6.45) is 1.62. The van der Waals surface area contributed by atoms with Crippen molar-refractivity contribution >= 4 is 10.0 Å². The lowest BCUT2D eigenvalue weighted by atomic mass is 9.85. The van der Waals surface area contributed by atoms with Crippen molar-refractivity contribution in [1.82, 2.24) is 4.31 Å². The van der Waals surface area contributed by atoms with E-state index in [1.54, 1.807) is 35.7 Å². The molecule has 0 fully saturated rings. The van der Waals surface area contributed by atoms with Crippen LogP contribution in [0.15, 0.2) is 59.5 Å². The molecule has 0 heterocycles. The first-order valence-corrected chi connectivity index (χ1v) is 11.7. The van der Waals surface area contributed by atoms with Crippen LogP contribution in [0.2, 0.25) is 0 Å². The lowest BCUT2D eigenvalue weighted by Crippen LogP contribution is -2.42. The van der Waals surface area contributed by atoms with Gasteiger partial charge >= 0.3 is 0 Å². The van der Waals surface area contributed by atoms with E-state index in [1.807, 2.05) is 30.3 Å². The maximum Gasteiger partial charge on any atom is 0.243 e. The Kier molecular flexibility index (Phi) is 7.89. The normalized spacial score (nSPS) is 13.7. The van der Waals surface area contributed by atoms with Crippen molar-refractivity contribution in [3.63, 3.8) is 0 Å². The minimum absolute atomic E-state index is 0.0178. The van der Waals surface area contributed by atoms with Gasteiger partial charge in [-0.15, -0.1) is 0 Å². The van der Waals surface area contributed by atoms with E-state index in [9.17, 15) is 8.42 Å². The van der Waals surface area contributed by atoms with E-state index in [1.165, 1.54) is 0 Å². The molecule has 0 N–H and O–H groups in total. The Morgan fingerprint density at radius 3 is 2.03 bits per heavy atom. The summed E-state index contributed by atoms with van der Waals surface area (Å²) in [6, 6.07) is 16.4. The SMILES string of the molecule is COc1ccc(S(=O)(=O)N(Cc2ccccc2)[C@@H](CC(C)C)CC(C)(C)C)cc1. The predicted octanol–water partition coefficient (Wildman–Crippen LogP) is 5.74. The number of nitrogens with zero attached hydrogens (tertiary/aromatic N) is 1. The van der Waals surface area contributed by atoms with Crippen molar-refractivity contribution in [1.29, 1.82) is 0 Å². The average molecular weight is 418 g/mol. The molecule has 1 atom stereocenters. The number of ether oxygens (including phenoxy) is 1. The summed E-state index contributed by atoms with van der Waals surface area (Å²) in [4.78, 5) is 0.303. The fraction of sp³-hybridized carbons (Fsp3) is 0.500. The summed E-state index contributed by atoms with van der Waals surface area (Å²) >= 11 is 0. The molecule has 0 amide bonds. The second kappa shape index (κ2) is 9.77. The topological polar surface area (TPSA) is 46.6 Å². The number of sulfonamides is 1. The van der Waals surface area contributed by atoms with Gasteiger partial charge in [-0.1, -0.05) is 65.0 Å². The molecule has 4 nitrogen and oxygen atoms in total.